The Kier molecular flexibility index (Phi) is 5.26. The van der Waals surface area contributed by atoms with Crippen LogP contribution >= 0.6 is 0 Å². The van der Waals surface area contributed by atoms with Crippen LogP contribution in [0.25, 0.3) is 11.0 Å². The van der Waals surface area contributed by atoms with Crippen molar-refractivity contribution in [1.82, 2.24) is 4.57 Å². The number of carbonyl (C=O) groups is 1. The molecule has 0 unspecified atom stereocenters. The van der Waals surface area contributed by atoms with Crippen molar-refractivity contribution < 1.29 is 33.6 Å². The topological polar surface area (TPSA) is 120 Å². The predicted molar refractivity (Wildman–Crippen MR) is 127 cm³/mol. The van der Waals surface area contributed by atoms with Gasteiger partial charge in [0.2, 0.25) is 11.8 Å². The van der Waals surface area contributed by atoms with Crippen LogP contribution in [-0.2, 0) is 11.3 Å². The minimum absolute atomic E-state index is 0.0239. The molecule has 2 aliphatic rings. The second-order valence-corrected chi connectivity index (χ2v) is 8.56. The summed E-state index contributed by atoms with van der Waals surface area (Å²) in [4.78, 5) is 23.9. The van der Waals surface area contributed by atoms with E-state index in [-0.39, 0.29) is 29.7 Å². The number of fused-ring (bicyclic) bond motifs is 6. The molecular weight excluding hydrogens is 466 g/mol. The summed E-state index contributed by atoms with van der Waals surface area (Å²) in [6.07, 6.45) is 3.68. The molecule has 0 aliphatic carbocycles. The lowest BCUT2D eigenvalue weighted by Crippen LogP contribution is -2.09. The number of aromatic nitrogens is 1. The number of esters is 1. The van der Waals surface area contributed by atoms with Crippen molar-refractivity contribution >= 4 is 16.9 Å². The molecule has 0 amide bonds. The number of rotatable bonds is 7. The average Bonchev–Trinajstić information content (AvgIpc) is 3.56. The Morgan fingerprint density at radius 3 is 2.31 bits per heavy atom. The van der Waals surface area contributed by atoms with Crippen LogP contribution in [0.1, 0.15) is 40.1 Å². The van der Waals surface area contributed by atoms with Crippen LogP contribution in [0.2, 0.25) is 0 Å². The fourth-order valence-corrected chi connectivity index (χ4v) is 4.55. The van der Waals surface area contributed by atoms with E-state index in [1.807, 2.05) is 12.2 Å². The molecule has 36 heavy (non-hydrogen) atoms. The summed E-state index contributed by atoms with van der Waals surface area (Å²) < 4.78 is 23.4. The van der Waals surface area contributed by atoms with E-state index in [1.165, 1.54) is 16.7 Å². The summed E-state index contributed by atoms with van der Waals surface area (Å²) in [7, 11) is 0. The first-order valence-corrected chi connectivity index (χ1v) is 11.4. The second-order valence-electron chi connectivity index (χ2n) is 8.56. The quantitative estimate of drug-likeness (QED) is 0.130. The number of hydrogen-bond acceptors (Lipinski definition) is 8. The highest BCUT2D eigenvalue weighted by atomic mass is 16.5. The largest absolute Gasteiger partial charge is 0.494 e. The monoisotopic (exact) mass is 487 g/mol. The van der Waals surface area contributed by atoms with E-state index >= 15 is 0 Å². The third kappa shape index (κ3) is 3.79. The molecule has 4 heterocycles. The summed E-state index contributed by atoms with van der Waals surface area (Å²) in [5, 5.41) is 21.7. The summed E-state index contributed by atoms with van der Waals surface area (Å²) >= 11 is 0. The summed E-state index contributed by atoms with van der Waals surface area (Å²) in [5.74, 6) is 0.322. The van der Waals surface area contributed by atoms with E-state index < -0.39 is 11.6 Å². The fraction of sp³-hybridized carbons (Fsp3) is 0.185. The second kappa shape index (κ2) is 8.62. The fourth-order valence-electron chi connectivity index (χ4n) is 4.55. The Hall–Kier alpha value is -4.50. The molecule has 0 radical (unpaired) electrons. The van der Waals surface area contributed by atoms with Gasteiger partial charge in [0, 0.05) is 24.1 Å². The molecule has 2 aromatic heterocycles. The molecule has 2 N–H and O–H groups in total. The Morgan fingerprint density at radius 2 is 1.58 bits per heavy atom. The minimum Gasteiger partial charge on any atom is -0.494 e. The van der Waals surface area contributed by atoms with E-state index in [2.05, 4.69) is 0 Å². The zero-order valence-corrected chi connectivity index (χ0v) is 18.9. The Morgan fingerprint density at radius 1 is 0.917 bits per heavy atom. The molecule has 2 bridgehead atoms. The minimum atomic E-state index is -0.557. The molecule has 9 heteroatoms. The van der Waals surface area contributed by atoms with Gasteiger partial charge in [0.25, 0.3) is 0 Å². The molecule has 6 rings (SSSR count). The number of benzene rings is 2. The van der Waals surface area contributed by atoms with Gasteiger partial charge in [-0.25, -0.2) is 9.59 Å². The molecule has 182 valence electrons. The third-order valence-electron chi connectivity index (χ3n) is 6.30. The molecule has 2 aliphatic heterocycles. The van der Waals surface area contributed by atoms with E-state index in [9.17, 15) is 19.8 Å². The maximum atomic E-state index is 12.5. The number of nitrogens with zero attached hydrogens (tertiary/aromatic N) is 1. The van der Waals surface area contributed by atoms with Gasteiger partial charge < -0.3 is 28.8 Å². The van der Waals surface area contributed by atoms with Gasteiger partial charge in [-0.2, -0.15) is 0 Å². The highest BCUT2D eigenvalue weighted by Gasteiger charge is 2.42. The molecule has 2 aromatic carbocycles. The van der Waals surface area contributed by atoms with Crippen LogP contribution in [0, 0.1) is 0 Å². The SMILES string of the molecule is O=C(Oc1ccc2ccc(=O)oc2c1)c1ccc(OCCCn2c(O)c3c(c2O)[C@H]2C=C[C@@H]3O2)cc1. The number of aromatic hydroxyl groups is 2. The van der Waals surface area contributed by atoms with Crippen molar-refractivity contribution in [3.05, 3.63) is 93.9 Å². The number of hydrogen-bond donors (Lipinski definition) is 2. The molecule has 0 spiro atoms. The zero-order chi connectivity index (χ0) is 24.8. The van der Waals surface area contributed by atoms with E-state index in [1.54, 1.807) is 42.5 Å². The van der Waals surface area contributed by atoms with E-state index in [0.717, 1.165) is 5.39 Å². The van der Waals surface area contributed by atoms with Gasteiger partial charge in [0.15, 0.2) is 0 Å². The van der Waals surface area contributed by atoms with Gasteiger partial charge in [-0.3, -0.25) is 4.57 Å². The maximum absolute atomic E-state index is 12.5. The normalized spacial score (nSPS) is 17.4. The van der Waals surface area contributed by atoms with Crippen molar-refractivity contribution in [2.24, 2.45) is 0 Å². The first kappa shape index (κ1) is 22.0. The Bertz CT molecular complexity index is 1530. The van der Waals surface area contributed by atoms with Crippen LogP contribution in [-0.4, -0.2) is 27.4 Å². The molecule has 0 saturated carbocycles. The van der Waals surface area contributed by atoms with Crippen molar-refractivity contribution in [2.75, 3.05) is 6.61 Å². The summed E-state index contributed by atoms with van der Waals surface area (Å²) in [6.45, 7) is 0.718. The first-order valence-electron chi connectivity index (χ1n) is 11.4. The molecular formula is C27H21NO8. The van der Waals surface area contributed by atoms with Crippen molar-refractivity contribution in [2.45, 2.75) is 25.2 Å². The highest BCUT2D eigenvalue weighted by molar-refractivity contribution is 5.91. The molecule has 9 nitrogen and oxygen atoms in total. The first-order chi connectivity index (χ1) is 17.5. The smallest absolute Gasteiger partial charge is 0.343 e. The van der Waals surface area contributed by atoms with Gasteiger partial charge in [0.1, 0.15) is 29.3 Å². The van der Waals surface area contributed by atoms with E-state index in [4.69, 9.17) is 18.6 Å². The van der Waals surface area contributed by atoms with Gasteiger partial charge in [0.05, 0.1) is 23.3 Å². The van der Waals surface area contributed by atoms with Crippen molar-refractivity contribution in [1.29, 1.82) is 0 Å². The predicted octanol–water partition coefficient (Wildman–Crippen LogP) is 4.38. The number of ether oxygens (including phenoxy) is 3. The van der Waals surface area contributed by atoms with Crippen LogP contribution in [0.4, 0.5) is 0 Å². The van der Waals surface area contributed by atoms with Crippen molar-refractivity contribution in [3.8, 4) is 23.3 Å². The summed E-state index contributed by atoms with van der Waals surface area (Å²) in [6, 6.07) is 14.3. The molecule has 2 atom stereocenters. The zero-order valence-electron chi connectivity index (χ0n) is 18.9. The van der Waals surface area contributed by atoms with Crippen LogP contribution in [0.15, 0.2) is 76.0 Å². The van der Waals surface area contributed by atoms with Gasteiger partial charge in [-0.15, -0.1) is 0 Å². The van der Waals surface area contributed by atoms with Gasteiger partial charge in [-0.1, -0.05) is 12.2 Å². The van der Waals surface area contributed by atoms with E-state index in [0.29, 0.717) is 47.6 Å². The Balaban J connectivity index is 1.04. The van der Waals surface area contributed by atoms with Crippen molar-refractivity contribution in [3.63, 3.8) is 0 Å². The third-order valence-corrected chi connectivity index (χ3v) is 6.30. The standard InChI is InChI=1S/C27H21NO8/c29-22-11-5-15-2-8-18(14-21(15)36-22)34-27(32)16-3-6-17(7-4-16)33-13-1-12-28-25(30)23-19-9-10-20(35-19)24(23)26(28)31/h2-11,14,19-20,30-31H,1,12-13H2/t19-,20+. The summed E-state index contributed by atoms with van der Waals surface area (Å²) in [5.41, 5.74) is 1.46. The lowest BCUT2D eigenvalue weighted by molar-refractivity contribution is 0.0734. The Labute approximate surface area is 204 Å². The maximum Gasteiger partial charge on any atom is 0.343 e. The molecule has 4 aromatic rings. The van der Waals surface area contributed by atoms with Gasteiger partial charge in [-0.05, 0) is 48.9 Å². The highest BCUT2D eigenvalue weighted by Crippen LogP contribution is 2.54. The lowest BCUT2D eigenvalue weighted by atomic mass is 10.0. The lowest BCUT2D eigenvalue weighted by Gasteiger charge is -2.11. The molecule has 0 fully saturated rings. The molecule has 0 saturated heterocycles. The van der Waals surface area contributed by atoms with Crippen LogP contribution in [0.3, 0.4) is 0 Å². The average molecular weight is 487 g/mol. The van der Waals surface area contributed by atoms with Crippen LogP contribution in [0.5, 0.6) is 23.3 Å². The number of carbonyl (C=O) groups excluding carboxylic acids is 1. The van der Waals surface area contributed by atoms with Gasteiger partial charge >= 0.3 is 11.6 Å². The van der Waals surface area contributed by atoms with Crippen LogP contribution < -0.4 is 15.1 Å².